The van der Waals surface area contributed by atoms with Crippen LogP contribution in [0.2, 0.25) is 0 Å². The number of aryl methyl sites for hydroxylation is 1. The molecule has 0 amide bonds. The second-order valence-electron chi connectivity index (χ2n) is 3.25. The van der Waals surface area contributed by atoms with Gasteiger partial charge >= 0.3 is 6.61 Å². The first-order valence-corrected chi connectivity index (χ1v) is 6.20. The first-order valence-electron chi connectivity index (χ1n) is 4.31. The number of anilines is 1. The number of benzene rings is 1. The maximum absolute atomic E-state index is 12.1. The van der Waals surface area contributed by atoms with Gasteiger partial charge in [0.25, 0.3) is 0 Å². The molecule has 1 rings (SSSR count). The Morgan fingerprint density at radius 2 is 2.00 bits per heavy atom. The van der Waals surface area contributed by atoms with Crippen molar-refractivity contribution >= 4 is 15.7 Å². The quantitative estimate of drug-likeness (QED) is 0.890. The Kier molecular flexibility index (Phi) is 3.69. The minimum absolute atomic E-state index is 0.00611. The molecule has 1 aromatic carbocycles. The third kappa shape index (κ3) is 4.01. The lowest BCUT2D eigenvalue weighted by Crippen LogP contribution is -2.12. The van der Waals surface area contributed by atoms with Gasteiger partial charge in [0, 0.05) is 0 Å². The van der Waals surface area contributed by atoms with Crippen molar-refractivity contribution in [2.75, 3.05) is 11.0 Å². The topological polar surface area (TPSA) is 55.4 Å². The van der Waals surface area contributed by atoms with E-state index < -0.39 is 16.6 Å². The summed E-state index contributed by atoms with van der Waals surface area (Å²) in [5.74, 6) is -0.194. The Hall–Kier alpha value is -1.37. The maximum Gasteiger partial charge on any atom is 0.387 e. The number of alkyl halides is 2. The number of hydrogen-bond donors (Lipinski definition) is 1. The van der Waals surface area contributed by atoms with Crippen LogP contribution in [0.25, 0.3) is 0 Å². The van der Waals surface area contributed by atoms with Crippen LogP contribution in [0.1, 0.15) is 5.56 Å². The monoisotopic (exact) mass is 251 g/mol. The first-order chi connectivity index (χ1) is 7.28. The van der Waals surface area contributed by atoms with Gasteiger partial charge < -0.3 is 4.74 Å². The largest absolute Gasteiger partial charge is 0.433 e. The van der Waals surface area contributed by atoms with E-state index in [2.05, 4.69) is 9.46 Å². The lowest BCUT2D eigenvalue weighted by molar-refractivity contribution is -0.0493. The number of rotatable bonds is 4. The van der Waals surface area contributed by atoms with E-state index in [9.17, 15) is 17.2 Å². The van der Waals surface area contributed by atoms with E-state index in [1.807, 2.05) is 0 Å². The Balaban J connectivity index is 3.07. The molecule has 1 N–H and O–H groups in total. The molecule has 0 fully saturated rings. The van der Waals surface area contributed by atoms with E-state index in [4.69, 9.17) is 0 Å². The maximum atomic E-state index is 12.1. The van der Waals surface area contributed by atoms with Crippen LogP contribution in [-0.4, -0.2) is 21.3 Å². The molecule has 0 atom stereocenters. The average Bonchev–Trinajstić information content (AvgIpc) is 2.06. The molecular formula is C9H11F2NO3S. The summed E-state index contributed by atoms with van der Waals surface area (Å²) in [5.41, 5.74) is 0.683. The van der Waals surface area contributed by atoms with Crippen LogP contribution in [0.3, 0.4) is 0 Å². The summed E-state index contributed by atoms with van der Waals surface area (Å²) in [6, 6.07) is 4.29. The lowest BCUT2D eigenvalue weighted by atomic mass is 10.2. The molecule has 0 spiro atoms. The highest BCUT2D eigenvalue weighted by Gasteiger charge is 2.12. The molecule has 0 bridgehead atoms. The van der Waals surface area contributed by atoms with Gasteiger partial charge in [-0.05, 0) is 24.6 Å². The van der Waals surface area contributed by atoms with E-state index in [1.165, 1.54) is 12.1 Å². The minimum atomic E-state index is -3.52. The van der Waals surface area contributed by atoms with E-state index in [-0.39, 0.29) is 11.4 Å². The molecule has 0 radical (unpaired) electrons. The predicted molar refractivity (Wildman–Crippen MR) is 56.3 cm³/mol. The normalized spacial score (nSPS) is 11.6. The van der Waals surface area contributed by atoms with Crippen molar-refractivity contribution in [2.24, 2.45) is 0 Å². The SMILES string of the molecule is Cc1ccc(NS(C)(=O)=O)c(OC(F)F)c1. The number of halogens is 2. The second kappa shape index (κ2) is 4.65. The molecule has 0 aliphatic carbocycles. The molecule has 0 aliphatic rings. The summed E-state index contributed by atoms with van der Waals surface area (Å²) < 4.78 is 52.4. The van der Waals surface area contributed by atoms with E-state index in [0.29, 0.717) is 5.56 Å². The average molecular weight is 251 g/mol. The van der Waals surface area contributed by atoms with Gasteiger partial charge in [0.05, 0.1) is 11.9 Å². The van der Waals surface area contributed by atoms with Gasteiger partial charge in [0.1, 0.15) is 5.75 Å². The van der Waals surface area contributed by atoms with Crippen LogP contribution in [0, 0.1) is 6.92 Å². The number of nitrogens with one attached hydrogen (secondary N) is 1. The predicted octanol–water partition coefficient (Wildman–Crippen LogP) is 1.97. The van der Waals surface area contributed by atoms with Gasteiger partial charge in [-0.2, -0.15) is 8.78 Å². The summed E-state index contributed by atoms with van der Waals surface area (Å²) in [6.07, 6.45) is 0.930. The Morgan fingerprint density at radius 1 is 1.38 bits per heavy atom. The fourth-order valence-corrected chi connectivity index (χ4v) is 1.68. The fraction of sp³-hybridized carbons (Fsp3) is 0.333. The van der Waals surface area contributed by atoms with Crippen molar-refractivity contribution in [2.45, 2.75) is 13.5 Å². The third-order valence-corrected chi connectivity index (χ3v) is 2.24. The van der Waals surface area contributed by atoms with Crippen molar-refractivity contribution < 1.29 is 21.9 Å². The van der Waals surface area contributed by atoms with Crippen LogP contribution in [0.5, 0.6) is 5.75 Å². The zero-order chi connectivity index (χ0) is 12.3. The third-order valence-electron chi connectivity index (χ3n) is 1.65. The highest BCUT2D eigenvalue weighted by molar-refractivity contribution is 7.92. The molecule has 16 heavy (non-hydrogen) atoms. The number of ether oxygens (including phenoxy) is 1. The number of sulfonamides is 1. The molecule has 0 aliphatic heterocycles. The smallest absolute Gasteiger partial charge is 0.387 e. The molecule has 1 aromatic rings. The highest BCUT2D eigenvalue weighted by atomic mass is 32.2. The van der Waals surface area contributed by atoms with Crippen molar-refractivity contribution in [1.82, 2.24) is 0 Å². The zero-order valence-electron chi connectivity index (χ0n) is 8.70. The van der Waals surface area contributed by atoms with Crippen molar-refractivity contribution in [3.63, 3.8) is 0 Å². The summed E-state index contributed by atoms with van der Waals surface area (Å²) in [5, 5.41) is 0. The Bertz CT molecular complexity index is 474. The van der Waals surface area contributed by atoms with Crippen LogP contribution in [0.4, 0.5) is 14.5 Å². The van der Waals surface area contributed by atoms with Gasteiger partial charge in [-0.3, -0.25) is 4.72 Å². The Labute approximate surface area is 92.3 Å². The minimum Gasteiger partial charge on any atom is -0.433 e. The van der Waals surface area contributed by atoms with Crippen molar-refractivity contribution in [3.8, 4) is 5.75 Å². The standard InChI is InChI=1S/C9H11F2NO3S/c1-6-3-4-7(12-16(2,13)14)8(5-6)15-9(10)11/h3-5,9,12H,1-2H3. The zero-order valence-corrected chi connectivity index (χ0v) is 9.51. The van der Waals surface area contributed by atoms with Crippen LogP contribution < -0.4 is 9.46 Å². The summed E-state index contributed by atoms with van der Waals surface area (Å²) in [7, 11) is -3.52. The van der Waals surface area contributed by atoms with E-state index in [1.54, 1.807) is 13.0 Å². The molecule has 0 unspecified atom stereocenters. The number of hydrogen-bond acceptors (Lipinski definition) is 3. The Morgan fingerprint density at radius 3 is 2.50 bits per heavy atom. The van der Waals surface area contributed by atoms with E-state index >= 15 is 0 Å². The second-order valence-corrected chi connectivity index (χ2v) is 5.00. The highest BCUT2D eigenvalue weighted by Crippen LogP contribution is 2.27. The van der Waals surface area contributed by atoms with Crippen LogP contribution in [-0.2, 0) is 10.0 Å². The van der Waals surface area contributed by atoms with Gasteiger partial charge in [0.2, 0.25) is 10.0 Å². The van der Waals surface area contributed by atoms with E-state index in [0.717, 1.165) is 6.26 Å². The molecule has 7 heteroatoms. The van der Waals surface area contributed by atoms with Gasteiger partial charge in [-0.15, -0.1) is 0 Å². The summed E-state index contributed by atoms with van der Waals surface area (Å²) >= 11 is 0. The molecule has 0 heterocycles. The lowest BCUT2D eigenvalue weighted by Gasteiger charge is -2.12. The molecule has 0 saturated carbocycles. The van der Waals surface area contributed by atoms with Gasteiger partial charge in [0.15, 0.2) is 0 Å². The van der Waals surface area contributed by atoms with Crippen LogP contribution >= 0.6 is 0 Å². The first kappa shape index (κ1) is 12.7. The van der Waals surface area contributed by atoms with Gasteiger partial charge in [-0.25, -0.2) is 8.42 Å². The molecule has 0 saturated heterocycles. The van der Waals surface area contributed by atoms with Crippen LogP contribution in [0.15, 0.2) is 18.2 Å². The van der Waals surface area contributed by atoms with Crippen molar-refractivity contribution in [3.05, 3.63) is 23.8 Å². The van der Waals surface area contributed by atoms with Gasteiger partial charge in [-0.1, -0.05) is 6.07 Å². The summed E-state index contributed by atoms with van der Waals surface area (Å²) in [4.78, 5) is 0. The summed E-state index contributed by atoms with van der Waals surface area (Å²) in [6.45, 7) is -1.32. The van der Waals surface area contributed by atoms with Crippen molar-refractivity contribution in [1.29, 1.82) is 0 Å². The molecule has 0 aromatic heterocycles. The molecule has 90 valence electrons. The molecule has 4 nitrogen and oxygen atoms in total. The molecular weight excluding hydrogens is 240 g/mol. The fourth-order valence-electron chi connectivity index (χ4n) is 1.11.